The lowest BCUT2D eigenvalue weighted by Gasteiger charge is -2.25. The van der Waals surface area contributed by atoms with Crippen LogP contribution in [0.4, 0.5) is 10.1 Å². The van der Waals surface area contributed by atoms with Crippen LogP contribution in [0.3, 0.4) is 0 Å². The van der Waals surface area contributed by atoms with Gasteiger partial charge >= 0.3 is 5.97 Å². The third-order valence-corrected chi connectivity index (χ3v) is 7.02. The SMILES string of the molecule is COc1c(N2CCC(CCN)C2)c(F)cc2c(=O)c(C(=O)O)cn(Cc3ccc4ccccc4c3)c12. The van der Waals surface area contributed by atoms with Crippen LogP contribution in [0, 0.1) is 11.7 Å². The molecule has 1 aliphatic heterocycles. The van der Waals surface area contributed by atoms with Gasteiger partial charge in [-0.25, -0.2) is 9.18 Å². The maximum atomic E-state index is 15.5. The lowest BCUT2D eigenvalue weighted by atomic mass is 10.0. The standard InChI is InChI=1S/C28H28FN3O4/c1-36-27-24-21(13-23(29)25(27)31-11-9-17(14-31)8-10-30)26(33)22(28(34)35)16-32(24)15-18-6-7-19-4-2-3-5-20(19)12-18/h2-7,12-13,16-17H,8-11,14-15,30H2,1H3,(H,34,35). The number of nitrogens with two attached hydrogens (primary N) is 1. The molecule has 0 bridgehead atoms. The van der Waals surface area contributed by atoms with Crippen molar-refractivity contribution in [1.29, 1.82) is 0 Å². The van der Waals surface area contributed by atoms with Crippen LogP contribution in [-0.4, -0.2) is 42.4 Å². The number of methoxy groups -OCH3 is 1. The normalized spacial score (nSPS) is 15.6. The molecule has 1 aliphatic rings. The third-order valence-electron chi connectivity index (χ3n) is 7.02. The van der Waals surface area contributed by atoms with Crippen molar-refractivity contribution in [3.63, 3.8) is 0 Å². The maximum absolute atomic E-state index is 15.5. The van der Waals surface area contributed by atoms with Gasteiger partial charge in [-0.1, -0.05) is 36.4 Å². The minimum atomic E-state index is -1.36. The Morgan fingerprint density at radius 3 is 2.69 bits per heavy atom. The van der Waals surface area contributed by atoms with E-state index in [0.29, 0.717) is 36.8 Å². The second-order valence-corrected chi connectivity index (χ2v) is 9.30. The number of carbonyl (C=O) groups is 1. The number of pyridine rings is 1. The molecule has 3 aromatic carbocycles. The highest BCUT2D eigenvalue weighted by molar-refractivity contribution is 5.97. The molecule has 36 heavy (non-hydrogen) atoms. The number of halogens is 1. The van der Waals surface area contributed by atoms with Gasteiger partial charge in [0.05, 0.1) is 18.0 Å². The zero-order chi connectivity index (χ0) is 25.4. The van der Waals surface area contributed by atoms with Crippen LogP contribution in [0.2, 0.25) is 0 Å². The summed E-state index contributed by atoms with van der Waals surface area (Å²) in [6.07, 6.45) is 3.07. The Morgan fingerprint density at radius 1 is 1.19 bits per heavy atom. The van der Waals surface area contributed by atoms with Crippen LogP contribution in [0.15, 0.2) is 59.5 Å². The molecule has 3 N–H and O–H groups in total. The topological polar surface area (TPSA) is 97.8 Å². The highest BCUT2D eigenvalue weighted by Gasteiger charge is 2.30. The van der Waals surface area contributed by atoms with Crippen molar-refractivity contribution in [2.45, 2.75) is 19.4 Å². The van der Waals surface area contributed by atoms with E-state index in [2.05, 4.69) is 0 Å². The first-order valence-electron chi connectivity index (χ1n) is 12.0. The van der Waals surface area contributed by atoms with Gasteiger partial charge in [-0.2, -0.15) is 0 Å². The molecular weight excluding hydrogens is 461 g/mol. The summed E-state index contributed by atoms with van der Waals surface area (Å²) in [4.78, 5) is 26.9. The van der Waals surface area contributed by atoms with Crippen LogP contribution in [0.5, 0.6) is 5.75 Å². The average Bonchev–Trinajstić information content (AvgIpc) is 3.33. The van der Waals surface area contributed by atoms with Gasteiger partial charge in [-0.05, 0) is 53.8 Å². The van der Waals surface area contributed by atoms with E-state index in [1.54, 1.807) is 4.57 Å². The lowest BCUT2D eigenvalue weighted by Crippen LogP contribution is -2.24. The fourth-order valence-electron chi connectivity index (χ4n) is 5.29. The Bertz CT molecular complexity index is 1530. The predicted molar refractivity (Wildman–Crippen MR) is 139 cm³/mol. The van der Waals surface area contributed by atoms with Crippen molar-refractivity contribution in [3.8, 4) is 5.75 Å². The van der Waals surface area contributed by atoms with Crippen LogP contribution in [0.1, 0.15) is 28.8 Å². The summed E-state index contributed by atoms with van der Waals surface area (Å²) in [5.41, 5.74) is 6.15. The second kappa shape index (κ2) is 9.62. The Morgan fingerprint density at radius 2 is 1.97 bits per heavy atom. The van der Waals surface area contributed by atoms with E-state index in [9.17, 15) is 14.7 Å². The highest BCUT2D eigenvalue weighted by Crippen LogP contribution is 2.40. The fourth-order valence-corrected chi connectivity index (χ4v) is 5.29. The molecule has 1 aromatic heterocycles. The van der Waals surface area contributed by atoms with Gasteiger partial charge in [0.15, 0.2) is 11.6 Å². The van der Waals surface area contributed by atoms with Crippen LogP contribution >= 0.6 is 0 Å². The number of hydrogen-bond acceptors (Lipinski definition) is 5. The van der Waals surface area contributed by atoms with Crippen LogP contribution < -0.4 is 20.8 Å². The molecule has 0 spiro atoms. The molecule has 2 heterocycles. The van der Waals surface area contributed by atoms with Crippen molar-refractivity contribution in [3.05, 3.63) is 81.9 Å². The first-order chi connectivity index (χ1) is 17.4. The zero-order valence-electron chi connectivity index (χ0n) is 20.0. The van der Waals surface area contributed by atoms with E-state index in [4.69, 9.17) is 10.5 Å². The summed E-state index contributed by atoms with van der Waals surface area (Å²) >= 11 is 0. The number of fused-ring (bicyclic) bond motifs is 2. The molecule has 8 heteroatoms. The Labute approximate surface area is 207 Å². The molecule has 1 fully saturated rings. The van der Waals surface area contributed by atoms with Crippen molar-refractivity contribution in [2.75, 3.05) is 31.6 Å². The van der Waals surface area contributed by atoms with Crippen LogP contribution in [0.25, 0.3) is 21.7 Å². The molecule has 0 saturated carbocycles. The number of ether oxygens (including phenoxy) is 1. The van der Waals surface area contributed by atoms with Crippen molar-refractivity contribution >= 4 is 33.3 Å². The smallest absolute Gasteiger partial charge is 0.341 e. The number of aromatic carboxylic acids is 1. The Kier molecular flexibility index (Phi) is 6.36. The van der Waals surface area contributed by atoms with Crippen molar-refractivity contribution in [1.82, 2.24) is 4.57 Å². The number of aromatic nitrogens is 1. The van der Waals surface area contributed by atoms with E-state index >= 15 is 4.39 Å². The number of nitrogens with zero attached hydrogens (tertiary/aromatic N) is 2. The fraction of sp³-hybridized carbons (Fsp3) is 0.286. The summed E-state index contributed by atoms with van der Waals surface area (Å²) in [5.74, 6) is -1.39. The zero-order valence-corrected chi connectivity index (χ0v) is 20.0. The molecule has 4 aromatic rings. The monoisotopic (exact) mass is 489 g/mol. The van der Waals surface area contributed by atoms with Crippen molar-refractivity contribution in [2.24, 2.45) is 11.7 Å². The number of hydrogen-bond donors (Lipinski definition) is 2. The minimum Gasteiger partial charge on any atom is -0.492 e. The van der Waals surface area contributed by atoms with Gasteiger partial charge in [0.2, 0.25) is 5.43 Å². The van der Waals surface area contributed by atoms with Gasteiger partial charge in [0.1, 0.15) is 11.3 Å². The summed E-state index contributed by atoms with van der Waals surface area (Å²) in [5, 5.41) is 11.8. The molecule has 1 saturated heterocycles. The summed E-state index contributed by atoms with van der Waals surface area (Å²) in [6.45, 7) is 2.13. The van der Waals surface area contributed by atoms with Gasteiger partial charge < -0.3 is 25.0 Å². The number of carboxylic acid groups (broad SMARTS) is 1. The maximum Gasteiger partial charge on any atom is 0.341 e. The van der Waals surface area contributed by atoms with E-state index in [-0.39, 0.29) is 17.7 Å². The summed E-state index contributed by atoms with van der Waals surface area (Å²) < 4.78 is 23.0. The van der Waals surface area contributed by atoms with Crippen LogP contribution in [-0.2, 0) is 6.54 Å². The summed E-state index contributed by atoms with van der Waals surface area (Å²) in [6, 6.07) is 15.1. The molecule has 0 aliphatic carbocycles. The quantitative estimate of drug-likeness (QED) is 0.403. The first kappa shape index (κ1) is 23.8. The molecule has 0 radical (unpaired) electrons. The third kappa shape index (κ3) is 4.18. The number of rotatable bonds is 7. The number of benzene rings is 3. The van der Waals surface area contributed by atoms with E-state index in [1.807, 2.05) is 47.4 Å². The molecular formula is C28H28FN3O4. The first-order valence-corrected chi connectivity index (χ1v) is 12.0. The molecule has 0 amide bonds. The lowest BCUT2D eigenvalue weighted by molar-refractivity contribution is 0.0695. The highest BCUT2D eigenvalue weighted by atomic mass is 19.1. The predicted octanol–water partition coefficient (Wildman–Crippen LogP) is 4.22. The Balaban J connectivity index is 1.71. The second-order valence-electron chi connectivity index (χ2n) is 9.30. The summed E-state index contributed by atoms with van der Waals surface area (Å²) in [7, 11) is 1.45. The van der Waals surface area contributed by atoms with Crippen molar-refractivity contribution < 1.29 is 19.0 Å². The van der Waals surface area contributed by atoms with Gasteiger partial charge in [0, 0.05) is 25.8 Å². The Hall–Kier alpha value is -3.91. The number of carboxylic acids is 1. The molecule has 5 rings (SSSR count). The van der Waals surface area contributed by atoms with Gasteiger partial charge in [-0.3, -0.25) is 4.79 Å². The van der Waals surface area contributed by atoms with E-state index < -0.39 is 22.8 Å². The van der Waals surface area contributed by atoms with E-state index in [1.165, 1.54) is 13.3 Å². The largest absolute Gasteiger partial charge is 0.492 e. The number of anilines is 1. The average molecular weight is 490 g/mol. The van der Waals surface area contributed by atoms with Gasteiger partial charge in [-0.15, -0.1) is 0 Å². The molecule has 1 atom stereocenters. The van der Waals surface area contributed by atoms with Gasteiger partial charge in [0.25, 0.3) is 0 Å². The molecule has 7 nitrogen and oxygen atoms in total. The van der Waals surface area contributed by atoms with E-state index in [0.717, 1.165) is 35.2 Å². The minimum absolute atomic E-state index is 0.0218. The molecule has 186 valence electrons. The molecule has 1 unspecified atom stereocenters.